The van der Waals surface area contributed by atoms with E-state index in [1.165, 1.54) is 0 Å². The molecule has 158 valence electrons. The summed E-state index contributed by atoms with van der Waals surface area (Å²) >= 11 is 0. The van der Waals surface area contributed by atoms with Gasteiger partial charge in [0.25, 0.3) is 5.91 Å². The Kier molecular flexibility index (Phi) is 5.11. The summed E-state index contributed by atoms with van der Waals surface area (Å²) in [5.74, 6) is 0.777. The van der Waals surface area contributed by atoms with E-state index in [2.05, 4.69) is 27.3 Å². The van der Waals surface area contributed by atoms with Gasteiger partial charge in [0.15, 0.2) is 5.60 Å². The minimum absolute atomic E-state index is 0.00221. The normalized spacial score (nSPS) is 28.1. The van der Waals surface area contributed by atoms with Gasteiger partial charge in [0.05, 0.1) is 5.69 Å². The highest BCUT2D eigenvalue weighted by Gasteiger charge is 2.58. The molecule has 1 aromatic heterocycles. The number of nitrogens with zero attached hydrogens (tertiary/aromatic N) is 2. The first kappa shape index (κ1) is 19.7. The van der Waals surface area contributed by atoms with Crippen molar-refractivity contribution in [2.24, 2.45) is 17.8 Å². The van der Waals surface area contributed by atoms with Crippen molar-refractivity contribution in [3.63, 3.8) is 0 Å². The number of aryl methyl sites for hydroxylation is 1. The van der Waals surface area contributed by atoms with E-state index in [1.807, 2.05) is 43.3 Å². The fourth-order valence-corrected chi connectivity index (χ4v) is 5.72. The lowest BCUT2D eigenvalue weighted by atomic mass is 9.79. The molecule has 1 amide bonds. The van der Waals surface area contributed by atoms with Crippen molar-refractivity contribution in [3.05, 3.63) is 65.5 Å². The Labute approximate surface area is 178 Å². The molecule has 0 radical (unpaired) electrons. The average Bonchev–Trinajstić information content (AvgIpc) is 3.17. The molecule has 30 heavy (non-hydrogen) atoms. The molecule has 2 aromatic rings. The summed E-state index contributed by atoms with van der Waals surface area (Å²) in [7, 11) is 0. The molecule has 0 bridgehead atoms. The van der Waals surface area contributed by atoms with Gasteiger partial charge in [-0.2, -0.15) is 0 Å². The molecule has 2 aliphatic carbocycles. The van der Waals surface area contributed by atoms with Gasteiger partial charge in [0.2, 0.25) is 0 Å². The second kappa shape index (κ2) is 7.78. The number of fused-ring (bicyclic) bond motifs is 1. The second-order valence-corrected chi connectivity index (χ2v) is 9.41. The Balaban J connectivity index is 1.23. The number of carbonyl (C=O) groups is 1. The van der Waals surface area contributed by atoms with Crippen molar-refractivity contribution < 1.29 is 9.90 Å². The number of hydrogen-bond donors (Lipinski definition) is 2. The van der Waals surface area contributed by atoms with Crippen LogP contribution in [0.3, 0.4) is 0 Å². The maximum Gasteiger partial charge on any atom is 0.257 e. The third-order valence-electron chi connectivity index (χ3n) is 7.41. The molecule has 3 unspecified atom stereocenters. The van der Waals surface area contributed by atoms with Gasteiger partial charge in [-0.3, -0.25) is 14.7 Å². The molecule has 5 nitrogen and oxygen atoms in total. The van der Waals surface area contributed by atoms with E-state index in [0.29, 0.717) is 11.8 Å². The van der Waals surface area contributed by atoms with E-state index >= 15 is 0 Å². The number of likely N-dealkylation sites (tertiary alicyclic amines) is 1. The maximum atomic E-state index is 13.4. The Morgan fingerprint density at radius 1 is 1.10 bits per heavy atom. The number of hydrogen-bond acceptors (Lipinski definition) is 4. The van der Waals surface area contributed by atoms with E-state index in [9.17, 15) is 9.90 Å². The van der Waals surface area contributed by atoms with E-state index in [1.54, 1.807) is 0 Å². The summed E-state index contributed by atoms with van der Waals surface area (Å²) in [6.45, 7) is 4.86. The summed E-state index contributed by atoms with van der Waals surface area (Å²) in [6.07, 6.45) is 3.99. The molecule has 5 rings (SSSR count). The number of amides is 1. The number of rotatable bonds is 6. The van der Waals surface area contributed by atoms with Crippen molar-refractivity contribution in [3.8, 4) is 0 Å². The predicted octanol–water partition coefficient (Wildman–Crippen LogP) is 3.01. The van der Waals surface area contributed by atoms with Crippen LogP contribution in [0.15, 0.2) is 48.5 Å². The summed E-state index contributed by atoms with van der Waals surface area (Å²) in [4.78, 5) is 20.4. The van der Waals surface area contributed by atoms with Crippen LogP contribution in [0.1, 0.15) is 42.6 Å². The fraction of sp³-hybridized carbons (Fsp3) is 0.520. The van der Waals surface area contributed by atoms with Crippen LogP contribution in [0.25, 0.3) is 0 Å². The molecule has 1 aliphatic heterocycles. The number of benzene rings is 1. The molecule has 1 aromatic carbocycles. The van der Waals surface area contributed by atoms with Crippen LogP contribution in [0, 0.1) is 24.7 Å². The van der Waals surface area contributed by atoms with Gasteiger partial charge in [-0.05, 0) is 49.3 Å². The van der Waals surface area contributed by atoms with E-state index in [0.717, 1.165) is 62.3 Å². The number of aliphatic hydroxyl groups is 1. The average molecular weight is 406 g/mol. The molecule has 2 saturated carbocycles. The van der Waals surface area contributed by atoms with Crippen LogP contribution in [0.4, 0.5) is 0 Å². The zero-order valence-corrected chi connectivity index (χ0v) is 17.6. The first-order valence-corrected chi connectivity index (χ1v) is 11.3. The van der Waals surface area contributed by atoms with Crippen LogP contribution in [-0.4, -0.2) is 40.0 Å². The maximum absolute atomic E-state index is 13.4. The Bertz CT molecular complexity index is 900. The summed E-state index contributed by atoms with van der Waals surface area (Å²) in [6, 6.07) is 15.9. The van der Waals surface area contributed by atoms with Gasteiger partial charge in [-0.1, -0.05) is 49.2 Å². The molecule has 5 heteroatoms. The fourth-order valence-electron chi connectivity index (χ4n) is 5.72. The van der Waals surface area contributed by atoms with Gasteiger partial charge in [0, 0.05) is 37.3 Å². The van der Waals surface area contributed by atoms with Crippen LogP contribution >= 0.6 is 0 Å². The van der Waals surface area contributed by atoms with Crippen molar-refractivity contribution in [1.82, 2.24) is 15.2 Å². The van der Waals surface area contributed by atoms with Crippen LogP contribution in [0.5, 0.6) is 0 Å². The Morgan fingerprint density at radius 2 is 1.80 bits per heavy atom. The van der Waals surface area contributed by atoms with E-state index in [4.69, 9.17) is 0 Å². The van der Waals surface area contributed by atoms with Crippen molar-refractivity contribution >= 4 is 5.91 Å². The van der Waals surface area contributed by atoms with Gasteiger partial charge in [-0.25, -0.2) is 0 Å². The SMILES string of the molecule is Cc1cccc(CN2CC3C(C2)C3NC(=O)C(O)(c2ccccc2)C2CCCC2)n1. The zero-order chi connectivity index (χ0) is 20.7. The number of piperidine rings is 1. The second-order valence-electron chi connectivity index (χ2n) is 9.41. The number of carbonyl (C=O) groups excluding carboxylic acids is 1. The molecular formula is C25H31N3O2. The van der Waals surface area contributed by atoms with Crippen LogP contribution in [0.2, 0.25) is 0 Å². The van der Waals surface area contributed by atoms with Gasteiger partial charge < -0.3 is 10.4 Å². The van der Waals surface area contributed by atoms with Crippen molar-refractivity contribution in [2.75, 3.05) is 13.1 Å². The zero-order valence-electron chi connectivity index (χ0n) is 17.6. The number of aromatic nitrogens is 1. The van der Waals surface area contributed by atoms with Crippen molar-refractivity contribution in [2.45, 2.75) is 50.8 Å². The third kappa shape index (κ3) is 3.54. The predicted molar refractivity (Wildman–Crippen MR) is 115 cm³/mol. The minimum atomic E-state index is -1.42. The smallest absolute Gasteiger partial charge is 0.257 e. The first-order chi connectivity index (χ1) is 14.6. The molecular weight excluding hydrogens is 374 g/mol. The van der Waals surface area contributed by atoms with Gasteiger partial charge in [-0.15, -0.1) is 0 Å². The quantitative estimate of drug-likeness (QED) is 0.775. The lowest BCUT2D eigenvalue weighted by Gasteiger charge is -2.33. The monoisotopic (exact) mass is 405 g/mol. The molecule has 2 heterocycles. The number of nitrogens with one attached hydrogen (secondary N) is 1. The number of pyridine rings is 1. The lowest BCUT2D eigenvalue weighted by molar-refractivity contribution is -0.147. The summed E-state index contributed by atoms with van der Waals surface area (Å²) in [5.41, 5.74) is 1.47. The lowest BCUT2D eigenvalue weighted by Crippen LogP contribution is -2.50. The van der Waals surface area contributed by atoms with Crippen LogP contribution < -0.4 is 5.32 Å². The Hall–Kier alpha value is -2.24. The highest BCUT2D eigenvalue weighted by atomic mass is 16.3. The van der Waals surface area contributed by atoms with Gasteiger partial charge >= 0.3 is 0 Å². The van der Waals surface area contributed by atoms with E-state index < -0.39 is 5.60 Å². The molecule has 3 atom stereocenters. The molecule has 3 aliphatic rings. The van der Waals surface area contributed by atoms with Gasteiger partial charge in [0.1, 0.15) is 0 Å². The van der Waals surface area contributed by atoms with Crippen LogP contribution in [-0.2, 0) is 16.9 Å². The topological polar surface area (TPSA) is 65.5 Å². The molecule has 0 spiro atoms. The summed E-state index contributed by atoms with van der Waals surface area (Å²) < 4.78 is 0. The minimum Gasteiger partial charge on any atom is -0.375 e. The largest absolute Gasteiger partial charge is 0.375 e. The highest BCUT2D eigenvalue weighted by Crippen LogP contribution is 2.47. The molecule has 3 fully saturated rings. The molecule has 2 N–H and O–H groups in total. The van der Waals surface area contributed by atoms with E-state index in [-0.39, 0.29) is 17.9 Å². The third-order valence-corrected chi connectivity index (χ3v) is 7.41. The summed E-state index contributed by atoms with van der Waals surface area (Å²) in [5, 5.41) is 14.9. The standard InChI is InChI=1S/C25H31N3O2/c1-17-8-7-13-20(26-17)14-28-15-21-22(16-28)23(21)27-24(29)25(30,19-11-5-6-12-19)18-9-3-2-4-10-18/h2-4,7-10,13,19,21-23,30H,5-6,11-12,14-16H2,1H3,(H,27,29). The highest BCUT2D eigenvalue weighted by molar-refractivity contribution is 5.87. The van der Waals surface area contributed by atoms with Crippen molar-refractivity contribution in [1.29, 1.82) is 0 Å². The first-order valence-electron chi connectivity index (χ1n) is 11.3. The Morgan fingerprint density at radius 3 is 2.47 bits per heavy atom. The molecule has 1 saturated heterocycles.